The van der Waals surface area contributed by atoms with E-state index in [2.05, 4.69) is 36.4 Å². The molecule has 1 heterocycles. The van der Waals surface area contributed by atoms with Crippen molar-refractivity contribution in [1.82, 2.24) is 9.80 Å². The third-order valence-electron chi connectivity index (χ3n) is 3.37. The monoisotopic (exact) mass is 216 g/mol. The Morgan fingerprint density at radius 3 is 2.50 bits per heavy atom. The first-order chi connectivity index (χ1) is 6.76. The van der Waals surface area contributed by atoms with Crippen LogP contribution in [0, 0.1) is 5.92 Å². The summed E-state index contributed by atoms with van der Waals surface area (Å²) in [5, 5.41) is 0. The lowest BCUT2D eigenvalue weighted by Crippen LogP contribution is -2.34. The van der Waals surface area contributed by atoms with Crippen molar-refractivity contribution >= 4 is 12.6 Å². The summed E-state index contributed by atoms with van der Waals surface area (Å²) in [6.45, 7) is 7.18. The minimum Gasteiger partial charge on any atom is -0.307 e. The van der Waals surface area contributed by atoms with Gasteiger partial charge in [-0.1, -0.05) is 6.92 Å². The lowest BCUT2D eigenvalue weighted by Gasteiger charge is -2.31. The normalized spacial score (nSPS) is 20.6. The predicted octanol–water partition coefficient (Wildman–Crippen LogP) is 1.93. The second-order valence-corrected chi connectivity index (χ2v) is 4.67. The van der Waals surface area contributed by atoms with E-state index in [1.165, 1.54) is 45.4 Å². The van der Waals surface area contributed by atoms with Gasteiger partial charge in [0.1, 0.15) is 0 Å². The van der Waals surface area contributed by atoms with E-state index in [1.54, 1.807) is 0 Å². The highest BCUT2D eigenvalue weighted by Crippen LogP contribution is 2.20. The molecule has 1 rings (SSSR count). The maximum Gasteiger partial charge on any atom is 0.0414 e. The van der Waals surface area contributed by atoms with Crippen LogP contribution in [0.25, 0.3) is 0 Å². The Balaban J connectivity index is 2.10. The number of rotatable bonds is 5. The van der Waals surface area contributed by atoms with Crippen molar-refractivity contribution in [2.24, 2.45) is 5.92 Å². The standard InChI is InChI=1S/C11H24N2S/c1-3-12(2)7-4-11-5-8-13(10-14)9-6-11/h11,14H,3-10H2,1-2H3. The highest BCUT2D eigenvalue weighted by molar-refractivity contribution is 7.80. The minimum atomic E-state index is 0.932. The van der Waals surface area contributed by atoms with Gasteiger partial charge in [-0.25, -0.2) is 0 Å². The van der Waals surface area contributed by atoms with Gasteiger partial charge in [0.2, 0.25) is 0 Å². The van der Waals surface area contributed by atoms with Gasteiger partial charge < -0.3 is 4.90 Å². The molecule has 0 radical (unpaired) electrons. The van der Waals surface area contributed by atoms with E-state index >= 15 is 0 Å². The van der Waals surface area contributed by atoms with Crippen LogP contribution in [0.3, 0.4) is 0 Å². The molecule has 0 N–H and O–H groups in total. The van der Waals surface area contributed by atoms with Crippen molar-refractivity contribution in [2.45, 2.75) is 26.2 Å². The van der Waals surface area contributed by atoms with Crippen molar-refractivity contribution in [3.05, 3.63) is 0 Å². The highest BCUT2D eigenvalue weighted by atomic mass is 32.1. The summed E-state index contributed by atoms with van der Waals surface area (Å²) < 4.78 is 0. The fourth-order valence-corrected chi connectivity index (χ4v) is 2.26. The molecule has 0 amide bonds. The number of nitrogens with zero attached hydrogens (tertiary/aromatic N) is 2. The smallest absolute Gasteiger partial charge is 0.0414 e. The molecule has 0 aliphatic carbocycles. The van der Waals surface area contributed by atoms with Crippen molar-refractivity contribution in [3.63, 3.8) is 0 Å². The molecule has 0 unspecified atom stereocenters. The van der Waals surface area contributed by atoms with Gasteiger partial charge in [-0.2, -0.15) is 12.6 Å². The van der Waals surface area contributed by atoms with E-state index in [0.717, 1.165) is 11.8 Å². The molecule has 1 fully saturated rings. The lowest BCUT2D eigenvalue weighted by atomic mass is 9.94. The van der Waals surface area contributed by atoms with E-state index in [1.807, 2.05) is 0 Å². The third kappa shape index (κ3) is 4.20. The highest BCUT2D eigenvalue weighted by Gasteiger charge is 2.17. The summed E-state index contributed by atoms with van der Waals surface area (Å²) in [4.78, 5) is 4.84. The summed E-state index contributed by atoms with van der Waals surface area (Å²) >= 11 is 4.31. The first-order valence-corrected chi connectivity index (χ1v) is 6.41. The zero-order valence-corrected chi connectivity index (χ0v) is 10.5. The Labute approximate surface area is 94.1 Å². The van der Waals surface area contributed by atoms with Gasteiger partial charge in [-0.15, -0.1) is 0 Å². The van der Waals surface area contributed by atoms with Crippen LogP contribution in [0.4, 0.5) is 0 Å². The first kappa shape index (κ1) is 12.3. The van der Waals surface area contributed by atoms with Gasteiger partial charge in [-0.05, 0) is 58.4 Å². The summed E-state index contributed by atoms with van der Waals surface area (Å²) in [6.07, 6.45) is 4.13. The molecule has 0 atom stereocenters. The minimum absolute atomic E-state index is 0.932. The number of hydrogen-bond acceptors (Lipinski definition) is 3. The maximum atomic E-state index is 4.31. The molecule has 1 aliphatic rings. The molecule has 1 aliphatic heterocycles. The summed E-state index contributed by atoms with van der Waals surface area (Å²) in [5.41, 5.74) is 0. The van der Waals surface area contributed by atoms with Crippen LogP contribution in [0.1, 0.15) is 26.2 Å². The van der Waals surface area contributed by atoms with Crippen LogP contribution in [0.15, 0.2) is 0 Å². The average molecular weight is 216 g/mol. The molecule has 14 heavy (non-hydrogen) atoms. The van der Waals surface area contributed by atoms with Gasteiger partial charge in [0, 0.05) is 5.88 Å². The molecule has 0 aromatic heterocycles. The number of piperidine rings is 1. The topological polar surface area (TPSA) is 6.48 Å². The molecule has 0 bridgehead atoms. The van der Waals surface area contributed by atoms with E-state index < -0.39 is 0 Å². The van der Waals surface area contributed by atoms with Crippen LogP contribution in [-0.2, 0) is 0 Å². The second-order valence-electron chi connectivity index (χ2n) is 4.39. The number of likely N-dealkylation sites (tertiary alicyclic amines) is 1. The first-order valence-electron chi connectivity index (χ1n) is 5.78. The van der Waals surface area contributed by atoms with Crippen molar-refractivity contribution < 1.29 is 0 Å². The Bertz CT molecular complexity index is 144. The Kier molecular flexibility index (Phi) is 5.90. The molecule has 0 aromatic rings. The molecular formula is C11H24N2S. The molecule has 0 saturated carbocycles. The maximum absolute atomic E-state index is 4.31. The summed E-state index contributed by atoms with van der Waals surface area (Å²) in [7, 11) is 2.21. The van der Waals surface area contributed by atoms with E-state index in [9.17, 15) is 0 Å². The van der Waals surface area contributed by atoms with Crippen molar-refractivity contribution in [2.75, 3.05) is 39.1 Å². The Morgan fingerprint density at radius 1 is 1.36 bits per heavy atom. The second kappa shape index (κ2) is 6.70. The van der Waals surface area contributed by atoms with Gasteiger partial charge in [0.05, 0.1) is 0 Å². The fraction of sp³-hybridized carbons (Fsp3) is 1.00. The van der Waals surface area contributed by atoms with Crippen molar-refractivity contribution in [3.8, 4) is 0 Å². The molecule has 0 aromatic carbocycles. The molecular weight excluding hydrogens is 192 g/mol. The van der Waals surface area contributed by atoms with E-state index in [0.29, 0.717) is 0 Å². The number of thiol groups is 1. The number of hydrogen-bond donors (Lipinski definition) is 1. The Morgan fingerprint density at radius 2 is 2.00 bits per heavy atom. The van der Waals surface area contributed by atoms with Gasteiger partial charge in [0.25, 0.3) is 0 Å². The van der Waals surface area contributed by atoms with Crippen LogP contribution in [0.2, 0.25) is 0 Å². The fourth-order valence-electron chi connectivity index (χ4n) is 1.98. The van der Waals surface area contributed by atoms with Crippen molar-refractivity contribution in [1.29, 1.82) is 0 Å². The van der Waals surface area contributed by atoms with Gasteiger partial charge >= 0.3 is 0 Å². The van der Waals surface area contributed by atoms with Crippen LogP contribution in [0.5, 0.6) is 0 Å². The van der Waals surface area contributed by atoms with E-state index in [4.69, 9.17) is 0 Å². The summed E-state index contributed by atoms with van der Waals surface area (Å²) in [5.74, 6) is 1.89. The van der Waals surface area contributed by atoms with E-state index in [-0.39, 0.29) is 0 Å². The average Bonchev–Trinajstić information content (AvgIpc) is 2.26. The molecule has 3 heteroatoms. The Hall–Kier alpha value is 0.270. The molecule has 2 nitrogen and oxygen atoms in total. The van der Waals surface area contributed by atoms with Crippen LogP contribution >= 0.6 is 12.6 Å². The SMILES string of the molecule is CCN(C)CCC1CCN(CS)CC1. The largest absolute Gasteiger partial charge is 0.307 e. The lowest BCUT2D eigenvalue weighted by molar-refractivity contribution is 0.192. The third-order valence-corrected chi connectivity index (χ3v) is 3.77. The molecule has 84 valence electrons. The van der Waals surface area contributed by atoms with Gasteiger partial charge in [0.15, 0.2) is 0 Å². The zero-order valence-electron chi connectivity index (χ0n) is 9.58. The zero-order chi connectivity index (χ0) is 10.4. The molecule has 0 spiro atoms. The van der Waals surface area contributed by atoms with Crippen LogP contribution < -0.4 is 0 Å². The summed E-state index contributed by atoms with van der Waals surface area (Å²) in [6, 6.07) is 0. The quantitative estimate of drug-likeness (QED) is 0.702. The molecule has 1 saturated heterocycles. The van der Waals surface area contributed by atoms with Crippen LogP contribution in [-0.4, -0.2) is 48.9 Å². The predicted molar refractivity (Wildman–Crippen MR) is 65.9 cm³/mol. The van der Waals surface area contributed by atoms with Gasteiger partial charge in [-0.3, -0.25) is 4.90 Å².